The van der Waals surface area contributed by atoms with E-state index >= 15 is 0 Å². The van der Waals surface area contributed by atoms with Gasteiger partial charge in [0.1, 0.15) is 0 Å². The highest BCUT2D eigenvalue weighted by molar-refractivity contribution is 8.01. The van der Waals surface area contributed by atoms with Crippen LogP contribution in [0, 0.1) is 0 Å². The van der Waals surface area contributed by atoms with Gasteiger partial charge in [-0.1, -0.05) is 39.0 Å². The molecule has 0 saturated heterocycles. The van der Waals surface area contributed by atoms with Gasteiger partial charge in [0.2, 0.25) is 5.91 Å². The van der Waals surface area contributed by atoms with Crippen molar-refractivity contribution in [3.05, 3.63) is 36.0 Å². The Morgan fingerprint density at radius 3 is 2.74 bits per heavy atom. The monoisotopic (exact) mass is 276 g/mol. The number of aromatic amines is 1. The van der Waals surface area contributed by atoms with Crippen molar-refractivity contribution in [2.75, 3.05) is 5.75 Å². The minimum atomic E-state index is 0.0820. The van der Waals surface area contributed by atoms with Crippen molar-refractivity contribution in [1.29, 1.82) is 0 Å². The normalized spacial score (nSPS) is 11.7. The Bertz CT molecular complexity index is 536. The minimum Gasteiger partial charge on any atom is -0.357 e. The molecule has 0 fully saturated rings. The number of carbonyl (C=O) groups excluding carboxylic acids is 1. The summed E-state index contributed by atoms with van der Waals surface area (Å²) >= 11 is 1.66. The third-order valence-electron chi connectivity index (χ3n) is 2.70. The lowest BCUT2D eigenvalue weighted by Gasteiger charge is -2.16. The summed E-state index contributed by atoms with van der Waals surface area (Å²) in [5.74, 6) is 0.586. The number of aromatic nitrogens is 1. The maximum absolute atomic E-state index is 11.7. The summed E-state index contributed by atoms with van der Waals surface area (Å²) in [5.41, 5.74) is 2.14. The lowest BCUT2D eigenvalue weighted by Crippen LogP contribution is -2.26. The van der Waals surface area contributed by atoms with E-state index in [1.807, 2.05) is 18.2 Å². The zero-order valence-corrected chi connectivity index (χ0v) is 12.4. The molecular formula is C15H20N2OS. The molecule has 1 amide bonds. The average Bonchev–Trinajstić information content (AvgIpc) is 2.75. The van der Waals surface area contributed by atoms with E-state index in [1.54, 1.807) is 11.8 Å². The molecule has 2 N–H and O–H groups in total. The number of fused-ring (bicyclic) bond motifs is 1. The number of H-pyrrole nitrogens is 1. The van der Waals surface area contributed by atoms with Crippen LogP contribution >= 0.6 is 11.8 Å². The average molecular weight is 276 g/mol. The van der Waals surface area contributed by atoms with Crippen LogP contribution in [0.1, 0.15) is 26.5 Å². The Morgan fingerprint density at radius 1 is 1.32 bits per heavy atom. The van der Waals surface area contributed by atoms with Gasteiger partial charge in [-0.3, -0.25) is 4.79 Å². The van der Waals surface area contributed by atoms with E-state index in [4.69, 9.17) is 0 Å². The molecule has 0 aliphatic heterocycles. The van der Waals surface area contributed by atoms with E-state index in [2.05, 4.69) is 43.2 Å². The van der Waals surface area contributed by atoms with Gasteiger partial charge in [-0.05, 0) is 17.5 Å². The number of carbonyl (C=O) groups is 1. The third kappa shape index (κ3) is 4.31. The van der Waals surface area contributed by atoms with Gasteiger partial charge >= 0.3 is 0 Å². The molecular weight excluding hydrogens is 256 g/mol. The Kier molecular flexibility index (Phi) is 4.20. The molecule has 0 aliphatic carbocycles. The topological polar surface area (TPSA) is 44.9 Å². The van der Waals surface area contributed by atoms with E-state index in [9.17, 15) is 4.79 Å². The fourth-order valence-corrected chi connectivity index (χ4v) is 2.42. The molecule has 1 aromatic heterocycles. The van der Waals surface area contributed by atoms with Crippen molar-refractivity contribution in [1.82, 2.24) is 10.3 Å². The Morgan fingerprint density at radius 2 is 2.05 bits per heavy atom. The number of hydrogen-bond acceptors (Lipinski definition) is 2. The lowest BCUT2D eigenvalue weighted by molar-refractivity contribution is -0.118. The Balaban J connectivity index is 1.86. The fourth-order valence-electron chi connectivity index (χ4n) is 1.76. The molecule has 1 aromatic carbocycles. The van der Waals surface area contributed by atoms with Crippen molar-refractivity contribution in [3.8, 4) is 0 Å². The molecule has 102 valence electrons. The lowest BCUT2D eigenvalue weighted by atomic mass is 10.2. The predicted molar refractivity (Wildman–Crippen MR) is 82.4 cm³/mol. The van der Waals surface area contributed by atoms with Crippen molar-refractivity contribution in [2.45, 2.75) is 32.1 Å². The second-order valence-electron chi connectivity index (χ2n) is 5.56. The van der Waals surface area contributed by atoms with Gasteiger partial charge in [0.25, 0.3) is 0 Å². The second-order valence-corrected chi connectivity index (χ2v) is 7.36. The highest BCUT2D eigenvalue weighted by Crippen LogP contribution is 2.22. The van der Waals surface area contributed by atoms with E-state index in [0.717, 1.165) is 11.2 Å². The maximum Gasteiger partial charge on any atom is 0.230 e. The Hall–Kier alpha value is -1.42. The molecule has 19 heavy (non-hydrogen) atoms. The molecule has 3 nitrogen and oxygen atoms in total. The first kappa shape index (κ1) is 14.0. The summed E-state index contributed by atoms with van der Waals surface area (Å²) in [6.07, 6.45) is 0. The van der Waals surface area contributed by atoms with Crippen LogP contribution in [0.15, 0.2) is 30.3 Å². The van der Waals surface area contributed by atoms with Gasteiger partial charge < -0.3 is 10.3 Å². The molecule has 1 heterocycles. The maximum atomic E-state index is 11.7. The van der Waals surface area contributed by atoms with Crippen molar-refractivity contribution >= 4 is 28.6 Å². The zero-order chi connectivity index (χ0) is 13.9. The van der Waals surface area contributed by atoms with Crippen molar-refractivity contribution < 1.29 is 4.79 Å². The van der Waals surface area contributed by atoms with Crippen LogP contribution in [-0.2, 0) is 11.3 Å². The van der Waals surface area contributed by atoms with Gasteiger partial charge in [0.05, 0.1) is 12.3 Å². The molecule has 0 aliphatic rings. The predicted octanol–water partition coefficient (Wildman–Crippen LogP) is 3.32. The molecule has 2 rings (SSSR count). The second kappa shape index (κ2) is 5.70. The highest BCUT2D eigenvalue weighted by atomic mass is 32.2. The van der Waals surface area contributed by atoms with Gasteiger partial charge in [-0.15, -0.1) is 11.8 Å². The van der Waals surface area contributed by atoms with Crippen molar-refractivity contribution in [3.63, 3.8) is 0 Å². The third-order valence-corrected chi connectivity index (χ3v) is 3.97. The van der Waals surface area contributed by atoms with Gasteiger partial charge in [0.15, 0.2) is 0 Å². The van der Waals surface area contributed by atoms with Crippen LogP contribution in [0.3, 0.4) is 0 Å². The van der Waals surface area contributed by atoms with Crippen molar-refractivity contribution in [2.24, 2.45) is 0 Å². The van der Waals surface area contributed by atoms with E-state index in [0.29, 0.717) is 12.3 Å². The summed E-state index contributed by atoms with van der Waals surface area (Å²) in [6, 6.07) is 10.2. The molecule has 0 radical (unpaired) electrons. The van der Waals surface area contributed by atoms with Crippen LogP contribution in [-0.4, -0.2) is 21.4 Å². The zero-order valence-electron chi connectivity index (χ0n) is 11.6. The summed E-state index contributed by atoms with van der Waals surface area (Å²) in [6.45, 7) is 6.89. The largest absolute Gasteiger partial charge is 0.357 e. The molecule has 2 aromatic rings. The van der Waals surface area contributed by atoms with Crippen LogP contribution in [0.5, 0.6) is 0 Å². The minimum absolute atomic E-state index is 0.0820. The van der Waals surface area contributed by atoms with Gasteiger partial charge in [-0.25, -0.2) is 0 Å². The SMILES string of the molecule is CC(C)(C)SCC(=O)NCc1cc2ccccc2[nH]1. The quantitative estimate of drug-likeness (QED) is 0.900. The summed E-state index contributed by atoms with van der Waals surface area (Å²) in [4.78, 5) is 15.0. The first-order chi connectivity index (χ1) is 8.94. The van der Waals surface area contributed by atoms with E-state index in [1.165, 1.54) is 5.39 Å². The first-order valence-corrected chi connectivity index (χ1v) is 7.40. The number of amides is 1. The van der Waals surface area contributed by atoms with Gasteiger partial charge in [0, 0.05) is 16.0 Å². The van der Waals surface area contributed by atoms with Gasteiger partial charge in [-0.2, -0.15) is 0 Å². The van der Waals surface area contributed by atoms with Crippen LogP contribution in [0.4, 0.5) is 0 Å². The van der Waals surface area contributed by atoms with E-state index < -0.39 is 0 Å². The highest BCUT2D eigenvalue weighted by Gasteiger charge is 2.13. The smallest absolute Gasteiger partial charge is 0.230 e. The summed E-state index contributed by atoms with van der Waals surface area (Å²) in [5, 5.41) is 4.12. The molecule has 4 heteroatoms. The number of rotatable bonds is 4. The van der Waals surface area contributed by atoms with E-state index in [-0.39, 0.29) is 10.7 Å². The van der Waals surface area contributed by atoms with Crippen LogP contribution < -0.4 is 5.32 Å². The van der Waals surface area contributed by atoms with Crippen LogP contribution in [0.2, 0.25) is 0 Å². The van der Waals surface area contributed by atoms with Crippen LogP contribution in [0.25, 0.3) is 10.9 Å². The fraction of sp³-hybridized carbons (Fsp3) is 0.400. The number of nitrogens with one attached hydrogen (secondary N) is 2. The number of thioether (sulfide) groups is 1. The standard InChI is InChI=1S/C15H20N2OS/c1-15(2,3)19-10-14(18)16-9-12-8-11-6-4-5-7-13(11)17-12/h4-8,17H,9-10H2,1-3H3,(H,16,18). The molecule has 0 atom stereocenters. The molecule has 0 unspecified atom stereocenters. The Labute approximate surface area is 118 Å². The first-order valence-electron chi connectivity index (χ1n) is 6.41. The number of para-hydroxylation sites is 1. The molecule has 0 spiro atoms. The number of benzene rings is 1. The molecule has 0 saturated carbocycles. The molecule has 0 bridgehead atoms. The summed E-state index contributed by atoms with van der Waals surface area (Å²) < 4.78 is 0.123. The summed E-state index contributed by atoms with van der Waals surface area (Å²) in [7, 11) is 0. The number of hydrogen-bond donors (Lipinski definition) is 2.